The summed E-state index contributed by atoms with van der Waals surface area (Å²) >= 11 is 6.30. The van der Waals surface area contributed by atoms with E-state index in [0.29, 0.717) is 29.5 Å². The van der Waals surface area contributed by atoms with Gasteiger partial charge in [0.05, 0.1) is 19.5 Å². The van der Waals surface area contributed by atoms with Crippen LogP contribution < -0.4 is 0 Å². The molecule has 0 bridgehead atoms. The lowest BCUT2D eigenvalue weighted by Crippen LogP contribution is -2.46. The molecule has 40 heavy (non-hydrogen) atoms. The number of hydrogen-bond donors (Lipinski definition) is 0. The third kappa shape index (κ3) is 4.76. The molecule has 0 N–H and O–H groups in total. The van der Waals surface area contributed by atoms with Gasteiger partial charge >= 0.3 is 5.97 Å². The lowest BCUT2D eigenvalue weighted by molar-refractivity contribution is -0.147. The van der Waals surface area contributed by atoms with Crippen LogP contribution in [0, 0.1) is 11.8 Å². The standard InChI is InChI=1S/C32H29ClN4O3/c1-22(38)39-18-23-17-28(37-21-36-29-30(33)34-20-35-31(29)37)27(23)19-40-32(24-11-5-2-6-12-24,25-13-7-3-8-14-25)26-15-9-4-10-16-26/h2-16,20-21,23,27-28H,17-19H2,1H3/t23-,27-,28-/m1/s1. The average Bonchev–Trinajstić information content (AvgIpc) is 3.41. The van der Waals surface area contributed by atoms with Gasteiger partial charge in [0.15, 0.2) is 10.8 Å². The Kier molecular flexibility index (Phi) is 7.32. The van der Waals surface area contributed by atoms with E-state index in [1.807, 2.05) is 54.6 Å². The van der Waals surface area contributed by atoms with E-state index in [1.54, 1.807) is 6.33 Å². The van der Waals surface area contributed by atoms with Gasteiger partial charge in [-0.1, -0.05) is 103 Å². The molecule has 3 atom stereocenters. The lowest BCUT2D eigenvalue weighted by Gasteiger charge is -2.47. The number of nitrogens with zero attached hydrogens (tertiary/aromatic N) is 4. The van der Waals surface area contributed by atoms with Crippen LogP contribution in [0.2, 0.25) is 5.15 Å². The zero-order valence-electron chi connectivity index (χ0n) is 22.1. The zero-order valence-corrected chi connectivity index (χ0v) is 22.8. The van der Waals surface area contributed by atoms with E-state index in [9.17, 15) is 4.79 Å². The molecule has 202 valence electrons. The smallest absolute Gasteiger partial charge is 0.302 e. The number of halogens is 1. The van der Waals surface area contributed by atoms with Crippen molar-refractivity contribution in [1.82, 2.24) is 19.5 Å². The first-order chi connectivity index (χ1) is 19.6. The Morgan fingerprint density at radius 3 is 2.00 bits per heavy atom. The summed E-state index contributed by atoms with van der Waals surface area (Å²) in [4.78, 5) is 24.7. The summed E-state index contributed by atoms with van der Waals surface area (Å²) in [6, 6.07) is 31.0. The number of benzene rings is 3. The number of rotatable bonds is 9. The predicted octanol–water partition coefficient (Wildman–Crippen LogP) is 6.23. The molecule has 5 aromatic rings. The van der Waals surface area contributed by atoms with Crippen molar-refractivity contribution in [1.29, 1.82) is 0 Å². The van der Waals surface area contributed by atoms with Gasteiger partial charge in [0, 0.05) is 24.8 Å². The normalized spacial score (nSPS) is 18.8. The van der Waals surface area contributed by atoms with Crippen LogP contribution in [0.15, 0.2) is 104 Å². The second-order valence-electron chi connectivity index (χ2n) is 10.1. The molecular formula is C32H29ClN4O3. The monoisotopic (exact) mass is 552 g/mol. The Morgan fingerprint density at radius 2 is 1.45 bits per heavy atom. The number of aromatic nitrogens is 4. The van der Waals surface area contributed by atoms with E-state index in [0.717, 1.165) is 23.1 Å². The van der Waals surface area contributed by atoms with Crippen molar-refractivity contribution in [2.24, 2.45) is 11.8 Å². The molecule has 0 unspecified atom stereocenters. The topological polar surface area (TPSA) is 79.1 Å². The molecule has 0 aliphatic heterocycles. The number of hydrogen-bond acceptors (Lipinski definition) is 6. The van der Waals surface area contributed by atoms with Crippen molar-refractivity contribution >= 4 is 28.7 Å². The van der Waals surface area contributed by atoms with Crippen LogP contribution in [-0.4, -0.2) is 38.7 Å². The fourth-order valence-corrected chi connectivity index (χ4v) is 5.99. The Hall–Kier alpha value is -4.07. The highest BCUT2D eigenvalue weighted by Gasteiger charge is 2.46. The Labute approximate surface area is 237 Å². The maximum atomic E-state index is 11.7. The van der Waals surface area contributed by atoms with E-state index in [1.165, 1.54) is 13.3 Å². The Bertz CT molecular complexity index is 1500. The van der Waals surface area contributed by atoms with Gasteiger partial charge in [0.25, 0.3) is 0 Å². The minimum absolute atomic E-state index is 0.0287. The molecule has 2 aromatic heterocycles. The largest absolute Gasteiger partial charge is 0.466 e. The van der Waals surface area contributed by atoms with Gasteiger partial charge in [-0.25, -0.2) is 15.0 Å². The fraction of sp³-hybridized carbons (Fsp3) is 0.250. The fourth-order valence-electron chi connectivity index (χ4n) is 5.82. The van der Waals surface area contributed by atoms with E-state index in [4.69, 9.17) is 21.1 Å². The van der Waals surface area contributed by atoms with Gasteiger partial charge in [0.1, 0.15) is 17.4 Å². The van der Waals surface area contributed by atoms with E-state index < -0.39 is 5.60 Å². The molecule has 0 saturated heterocycles. The van der Waals surface area contributed by atoms with Crippen LogP contribution in [0.1, 0.15) is 36.1 Å². The van der Waals surface area contributed by atoms with Crippen LogP contribution in [0.5, 0.6) is 0 Å². The Balaban J connectivity index is 1.41. The van der Waals surface area contributed by atoms with Gasteiger partial charge in [-0.2, -0.15) is 0 Å². The van der Waals surface area contributed by atoms with Gasteiger partial charge in [-0.05, 0) is 23.1 Å². The van der Waals surface area contributed by atoms with Crippen molar-refractivity contribution in [3.05, 3.63) is 125 Å². The van der Waals surface area contributed by atoms with Crippen molar-refractivity contribution in [3.8, 4) is 0 Å². The molecule has 3 aromatic carbocycles. The van der Waals surface area contributed by atoms with Crippen LogP contribution >= 0.6 is 11.6 Å². The summed E-state index contributed by atoms with van der Waals surface area (Å²) in [5.74, 6) is -0.146. The summed E-state index contributed by atoms with van der Waals surface area (Å²) in [5, 5.41) is 0.323. The number of fused-ring (bicyclic) bond motifs is 1. The first kappa shape index (κ1) is 26.2. The third-order valence-electron chi connectivity index (χ3n) is 7.85. The molecule has 0 amide bonds. The Morgan fingerprint density at radius 1 is 0.875 bits per heavy atom. The maximum Gasteiger partial charge on any atom is 0.302 e. The van der Waals surface area contributed by atoms with Crippen molar-refractivity contribution in [3.63, 3.8) is 0 Å². The number of carbonyl (C=O) groups is 1. The van der Waals surface area contributed by atoms with Crippen LogP contribution in [0.4, 0.5) is 0 Å². The summed E-state index contributed by atoms with van der Waals surface area (Å²) in [5.41, 5.74) is 3.51. The molecule has 1 aliphatic rings. The quantitative estimate of drug-likeness (QED) is 0.122. The first-order valence-corrected chi connectivity index (χ1v) is 13.7. The molecule has 1 aliphatic carbocycles. The molecule has 1 fully saturated rings. The molecular weight excluding hydrogens is 524 g/mol. The van der Waals surface area contributed by atoms with Crippen LogP contribution in [-0.2, 0) is 19.9 Å². The highest BCUT2D eigenvalue weighted by molar-refractivity contribution is 6.33. The SMILES string of the molecule is CC(=O)OC[C@H]1C[C@@H](n2cnc3c(Cl)ncnc32)[C@@H]1COC(c1ccccc1)(c1ccccc1)c1ccccc1. The second kappa shape index (κ2) is 11.2. The molecule has 6 rings (SSSR count). The van der Waals surface area contributed by atoms with Gasteiger partial charge in [0.2, 0.25) is 0 Å². The predicted molar refractivity (Wildman–Crippen MR) is 153 cm³/mol. The van der Waals surface area contributed by atoms with Gasteiger partial charge in [-0.3, -0.25) is 4.79 Å². The molecule has 7 nitrogen and oxygen atoms in total. The van der Waals surface area contributed by atoms with Gasteiger partial charge in [-0.15, -0.1) is 0 Å². The highest BCUT2D eigenvalue weighted by Crippen LogP contribution is 2.48. The van der Waals surface area contributed by atoms with Crippen molar-refractivity contribution in [2.75, 3.05) is 13.2 Å². The number of carbonyl (C=O) groups excluding carboxylic acids is 1. The van der Waals surface area contributed by atoms with Crippen LogP contribution in [0.25, 0.3) is 11.2 Å². The molecule has 0 radical (unpaired) electrons. The van der Waals surface area contributed by atoms with Gasteiger partial charge < -0.3 is 14.0 Å². The first-order valence-electron chi connectivity index (χ1n) is 13.3. The number of imidazole rings is 1. The minimum Gasteiger partial charge on any atom is -0.466 e. The third-order valence-corrected chi connectivity index (χ3v) is 8.13. The molecule has 2 heterocycles. The molecule has 0 spiro atoms. The van der Waals surface area contributed by atoms with Crippen LogP contribution in [0.3, 0.4) is 0 Å². The minimum atomic E-state index is -0.849. The van der Waals surface area contributed by atoms with E-state index >= 15 is 0 Å². The summed E-state index contributed by atoms with van der Waals surface area (Å²) < 4.78 is 14.7. The summed E-state index contributed by atoms with van der Waals surface area (Å²) in [6.45, 7) is 2.18. The second-order valence-corrected chi connectivity index (χ2v) is 10.5. The average molecular weight is 553 g/mol. The zero-order chi connectivity index (χ0) is 27.5. The summed E-state index contributed by atoms with van der Waals surface area (Å²) in [7, 11) is 0. The number of ether oxygens (including phenoxy) is 2. The summed E-state index contributed by atoms with van der Waals surface area (Å²) in [6.07, 6.45) is 4.02. The molecule has 1 saturated carbocycles. The van der Waals surface area contributed by atoms with E-state index in [-0.39, 0.29) is 23.8 Å². The molecule has 8 heteroatoms. The number of esters is 1. The van der Waals surface area contributed by atoms with E-state index in [2.05, 4.69) is 55.9 Å². The lowest BCUT2D eigenvalue weighted by atomic mass is 9.69. The van der Waals surface area contributed by atoms with Crippen molar-refractivity contribution in [2.45, 2.75) is 25.0 Å². The maximum absolute atomic E-state index is 11.7. The van der Waals surface area contributed by atoms with Crippen molar-refractivity contribution < 1.29 is 14.3 Å². The highest BCUT2D eigenvalue weighted by atomic mass is 35.5.